The van der Waals surface area contributed by atoms with Crippen molar-refractivity contribution in [3.8, 4) is 12.3 Å². The number of nitrogens with zero attached hydrogens (tertiary/aromatic N) is 3. The Bertz CT molecular complexity index is 765. The molecule has 3 aromatic rings. The van der Waals surface area contributed by atoms with Crippen molar-refractivity contribution in [2.75, 3.05) is 5.32 Å². The van der Waals surface area contributed by atoms with Gasteiger partial charge < -0.3 is 5.32 Å². The predicted molar refractivity (Wildman–Crippen MR) is 79.4 cm³/mol. The average molecular weight is 262 g/mol. The largest absolute Gasteiger partial charge is 0.365 e. The smallest absolute Gasteiger partial charge is 0.235 e. The molecule has 0 saturated heterocycles. The number of nitrogens with one attached hydrogen (secondary N) is 1. The lowest BCUT2D eigenvalue weighted by atomic mass is 10.1. The van der Waals surface area contributed by atoms with Gasteiger partial charge in [-0.1, -0.05) is 18.1 Å². The first-order valence-corrected chi connectivity index (χ1v) is 6.39. The minimum atomic E-state index is 0.162. The number of benzene rings is 1. The van der Waals surface area contributed by atoms with E-state index in [4.69, 9.17) is 6.42 Å². The lowest BCUT2D eigenvalue weighted by molar-refractivity contribution is 0.865. The first-order chi connectivity index (χ1) is 9.78. The maximum atomic E-state index is 5.37. The van der Waals surface area contributed by atoms with E-state index < -0.39 is 0 Å². The Morgan fingerprint density at radius 2 is 1.90 bits per heavy atom. The van der Waals surface area contributed by atoms with E-state index in [0.717, 1.165) is 11.4 Å². The average Bonchev–Trinajstić information content (AvgIpc) is 2.97. The van der Waals surface area contributed by atoms with Crippen LogP contribution in [0.3, 0.4) is 0 Å². The van der Waals surface area contributed by atoms with Crippen LogP contribution < -0.4 is 5.32 Å². The SMILES string of the molecule is C#Cc1ccc([C@@H](C)Nc2ccnc3nccn23)cc1. The molecule has 4 nitrogen and oxygen atoms in total. The van der Waals surface area contributed by atoms with Gasteiger partial charge in [-0.2, -0.15) is 0 Å². The molecule has 0 radical (unpaired) electrons. The summed E-state index contributed by atoms with van der Waals surface area (Å²) in [4.78, 5) is 8.37. The summed E-state index contributed by atoms with van der Waals surface area (Å²) in [6.07, 6.45) is 10.7. The molecule has 4 heteroatoms. The van der Waals surface area contributed by atoms with Gasteiger partial charge in [0, 0.05) is 30.2 Å². The van der Waals surface area contributed by atoms with Gasteiger partial charge in [-0.25, -0.2) is 9.97 Å². The van der Waals surface area contributed by atoms with E-state index >= 15 is 0 Å². The van der Waals surface area contributed by atoms with Crippen LogP contribution in [0.5, 0.6) is 0 Å². The van der Waals surface area contributed by atoms with E-state index in [1.165, 1.54) is 5.56 Å². The van der Waals surface area contributed by atoms with Gasteiger partial charge in [0.25, 0.3) is 0 Å². The summed E-state index contributed by atoms with van der Waals surface area (Å²) in [7, 11) is 0. The van der Waals surface area contributed by atoms with Gasteiger partial charge in [0.2, 0.25) is 5.78 Å². The highest BCUT2D eigenvalue weighted by Gasteiger charge is 2.08. The van der Waals surface area contributed by atoms with Crippen LogP contribution in [0.4, 0.5) is 5.82 Å². The van der Waals surface area contributed by atoms with Crippen LogP contribution in [0.25, 0.3) is 5.78 Å². The lowest BCUT2D eigenvalue weighted by Crippen LogP contribution is -2.09. The molecule has 0 fully saturated rings. The molecule has 1 aromatic carbocycles. The van der Waals surface area contributed by atoms with E-state index in [9.17, 15) is 0 Å². The van der Waals surface area contributed by atoms with Gasteiger partial charge >= 0.3 is 0 Å². The van der Waals surface area contributed by atoms with Crippen LogP contribution in [0.1, 0.15) is 24.1 Å². The highest BCUT2D eigenvalue weighted by atomic mass is 15.2. The van der Waals surface area contributed by atoms with Gasteiger partial charge in [-0.3, -0.25) is 4.40 Å². The Labute approximate surface area is 117 Å². The number of aromatic nitrogens is 3. The molecule has 0 aliphatic carbocycles. The van der Waals surface area contributed by atoms with Gasteiger partial charge in [0.15, 0.2) is 0 Å². The molecule has 20 heavy (non-hydrogen) atoms. The topological polar surface area (TPSA) is 42.2 Å². The Morgan fingerprint density at radius 3 is 2.65 bits per heavy atom. The van der Waals surface area contributed by atoms with Gasteiger partial charge in [0.1, 0.15) is 5.82 Å². The fourth-order valence-corrected chi connectivity index (χ4v) is 2.12. The summed E-state index contributed by atoms with van der Waals surface area (Å²) < 4.78 is 1.92. The molecule has 0 saturated carbocycles. The predicted octanol–water partition coefficient (Wildman–Crippen LogP) is 2.88. The van der Waals surface area contributed by atoms with E-state index in [2.05, 4.69) is 28.1 Å². The van der Waals surface area contributed by atoms with Crippen LogP contribution in [0.2, 0.25) is 0 Å². The third-order valence-electron chi connectivity index (χ3n) is 3.24. The van der Waals surface area contributed by atoms with Crippen LogP contribution in [0, 0.1) is 12.3 Å². The minimum absolute atomic E-state index is 0.162. The van der Waals surface area contributed by atoms with Crippen molar-refractivity contribution in [3.63, 3.8) is 0 Å². The second-order valence-electron chi connectivity index (χ2n) is 4.56. The second-order valence-corrected chi connectivity index (χ2v) is 4.56. The molecular formula is C16H14N4. The molecule has 0 amide bonds. The number of imidazole rings is 1. The van der Waals surface area contributed by atoms with Crippen molar-refractivity contribution in [2.24, 2.45) is 0 Å². The number of fused-ring (bicyclic) bond motifs is 1. The molecule has 1 N–H and O–H groups in total. The van der Waals surface area contributed by atoms with Gasteiger partial charge in [-0.05, 0) is 30.7 Å². The summed E-state index contributed by atoms with van der Waals surface area (Å²) >= 11 is 0. The van der Waals surface area contributed by atoms with E-state index in [1.54, 1.807) is 12.4 Å². The highest BCUT2D eigenvalue weighted by Crippen LogP contribution is 2.19. The minimum Gasteiger partial charge on any atom is -0.365 e. The maximum Gasteiger partial charge on any atom is 0.235 e. The number of rotatable bonds is 3. The molecule has 2 heterocycles. The molecule has 3 rings (SSSR count). The number of hydrogen-bond donors (Lipinski definition) is 1. The molecular weight excluding hydrogens is 248 g/mol. The Morgan fingerprint density at radius 1 is 1.15 bits per heavy atom. The van der Waals surface area contributed by atoms with Crippen molar-refractivity contribution < 1.29 is 0 Å². The third kappa shape index (κ3) is 2.21. The summed E-state index contributed by atoms with van der Waals surface area (Å²) in [5.74, 6) is 4.27. The van der Waals surface area contributed by atoms with Crippen LogP contribution in [-0.2, 0) is 0 Å². The third-order valence-corrected chi connectivity index (χ3v) is 3.24. The van der Waals surface area contributed by atoms with E-state index in [-0.39, 0.29) is 6.04 Å². The van der Waals surface area contributed by atoms with Crippen LogP contribution >= 0.6 is 0 Å². The molecule has 0 bridgehead atoms. The van der Waals surface area contributed by atoms with E-state index in [1.807, 2.05) is 40.9 Å². The summed E-state index contributed by atoms with van der Waals surface area (Å²) in [6.45, 7) is 2.11. The molecule has 0 spiro atoms. The van der Waals surface area contributed by atoms with Crippen molar-refractivity contribution >= 4 is 11.6 Å². The van der Waals surface area contributed by atoms with Crippen LogP contribution in [0.15, 0.2) is 48.9 Å². The quantitative estimate of drug-likeness (QED) is 0.738. The zero-order chi connectivity index (χ0) is 13.9. The fourth-order valence-electron chi connectivity index (χ4n) is 2.12. The highest BCUT2D eigenvalue weighted by molar-refractivity contribution is 5.46. The molecule has 2 aromatic heterocycles. The lowest BCUT2D eigenvalue weighted by Gasteiger charge is -2.16. The second kappa shape index (κ2) is 5.06. The maximum absolute atomic E-state index is 5.37. The standard InChI is InChI=1S/C16H14N4/c1-3-13-4-6-14(7-5-13)12(2)19-15-8-9-17-16-18-10-11-20(15)16/h1,4-12,19H,2H3/t12-/m1/s1. The molecule has 0 aliphatic heterocycles. The van der Waals surface area contributed by atoms with E-state index in [0.29, 0.717) is 5.78 Å². The fraction of sp³-hybridized carbons (Fsp3) is 0.125. The Hall–Kier alpha value is -2.80. The summed E-state index contributed by atoms with van der Waals surface area (Å²) in [5, 5.41) is 3.46. The Kier molecular flexibility index (Phi) is 3.10. The zero-order valence-corrected chi connectivity index (χ0v) is 11.1. The van der Waals surface area contributed by atoms with Crippen molar-refractivity contribution in [1.82, 2.24) is 14.4 Å². The summed E-state index contributed by atoms with van der Waals surface area (Å²) in [5.41, 5.74) is 2.07. The van der Waals surface area contributed by atoms with Gasteiger partial charge in [-0.15, -0.1) is 6.42 Å². The van der Waals surface area contributed by atoms with Crippen molar-refractivity contribution in [1.29, 1.82) is 0 Å². The first kappa shape index (κ1) is 12.2. The molecule has 0 aliphatic rings. The number of anilines is 1. The molecule has 0 unspecified atom stereocenters. The Balaban J connectivity index is 1.86. The number of terminal acetylenes is 1. The van der Waals surface area contributed by atoms with Gasteiger partial charge in [0.05, 0.1) is 0 Å². The van der Waals surface area contributed by atoms with Crippen LogP contribution in [-0.4, -0.2) is 14.4 Å². The van der Waals surface area contributed by atoms with Crippen molar-refractivity contribution in [2.45, 2.75) is 13.0 Å². The first-order valence-electron chi connectivity index (χ1n) is 6.39. The van der Waals surface area contributed by atoms with Crippen molar-refractivity contribution in [3.05, 3.63) is 60.0 Å². The normalized spacial score (nSPS) is 12.0. The monoisotopic (exact) mass is 262 g/mol. The molecule has 98 valence electrons. The molecule has 1 atom stereocenters. The zero-order valence-electron chi connectivity index (χ0n) is 11.1. The summed E-state index contributed by atoms with van der Waals surface area (Å²) in [6, 6.07) is 10.1. The number of hydrogen-bond acceptors (Lipinski definition) is 3.